The van der Waals surface area contributed by atoms with Crippen molar-refractivity contribution in [2.75, 3.05) is 7.11 Å². The van der Waals surface area contributed by atoms with E-state index in [4.69, 9.17) is 0 Å². The van der Waals surface area contributed by atoms with Crippen LogP contribution in [0.1, 0.15) is 20.7 Å². The van der Waals surface area contributed by atoms with Crippen molar-refractivity contribution in [2.24, 2.45) is 0 Å². The second-order valence-corrected chi connectivity index (χ2v) is 2.46. The molecule has 1 rings (SSSR count). The van der Waals surface area contributed by atoms with Gasteiger partial charge in [-0.1, -0.05) is 0 Å². The first-order valence-corrected chi connectivity index (χ1v) is 3.62. The Morgan fingerprint density at radius 3 is 2.57 bits per heavy atom. The van der Waals surface area contributed by atoms with Crippen LogP contribution in [0.5, 0.6) is 0 Å². The van der Waals surface area contributed by atoms with Crippen molar-refractivity contribution >= 4 is 12.3 Å². The van der Waals surface area contributed by atoms with Crippen molar-refractivity contribution in [3.05, 3.63) is 34.9 Å². The van der Waals surface area contributed by atoms with Crippen LogP contribution in [0.3, 0.4) is 0 Å². The molecule has 0 heterocycles. The highest BCUT2D eigenvalue weighted by atomic mass is 19.1. The van der Waals surface area contributed by atoms with Gasteiger partial charge in [0.15, 0.2) is 6.29 Å². The Morgan fingerprint density at radius 1 is 1.43 bits per heavy atom. The lowest BCUT2D eigenvalue weighted by Gasteiger charge is -2.03. The number of rotatable bonds is 2. The number of halogens is 2. The minimum atomic E-state index is -1.08. The highest BCUT2D eigenvalue weighted by molar-refractivity contribution is 5.98. The highest BCUT2D eigenvalue weighted by Gasteiger charge is 2.17. The molecule has 0 saturated carbocycles. The zero-order chi connectivity index (χ0) is 10.7. The zero-order valence-corrected chi connectivity index (χ0v) is 7.21. The molecule has 74 valence electrons. The molecule has 1 aromatic rings. The van der Waals surface area contributed by atoms with Crippen LogP contribution in [-0.2, 0) is 4.74 Å². The summed E-state index contributed by atoms with van der Waals surface area (Å²) >= 11 is 0. The normalized spacial score (nSPS) is 9.64. The Kier molecular flexibility index (Phi) is 2.91. The largest absolute Gasteiger partial charge is 0.465 e. The van der Waals surface area contributed by atoms with E-state index in [1.807, 2.05) is 0 Å². The van der Waals surface area contributed by atoms with E-state index in [0.717, 1.165) is 13.2 Å². The Morgan fingerprint density at radius 2 is 2.07 bits per heavy atom. The molecule has 0 saturated heterocycles. The van der Waals surface area contributed by atoms with Crippen molar-refractivity contribution in [1.82, 2.24) is 0 Å². The fourth-order valence-electron chi connectivity index (χ4n) is 0.983. The molecule has 0 fully saturated rings. The third-order valence-corrected chi connectivity index (χ3v) is 1.62. The van der Waals surface area contributed by atoms with Crippen LogP contribution >= 0.6 is 0 Å². The maximum Gasteiger partial charge on any atom is 0.338 e. The number of esters is 1. The lowest BCUT2D eigenvalue weighted by Crippen LogP contribution is -2.08. The van der Waals surface area contributed by atoms with Gasteiger partial charge in [0.2, 0.25) is 0 Å². The minimum Gasteiger partial charge on any atom is -0.465 e. The predicted octanol–water partition coefficient (Wildman–Crippen LogP) is 1.56. The summed E-state index contributed by atoms with van der Waals surface area (Å²) in [6.07, 6.45) is 0.140. The smallest absolute Gasteiger partial charge is 0.338 e. The Labute approximate surface area is 78.3 Å². The lowest BCUT2D eigenvalue weighted by molar-refractivity contribution is 0.0597. The summed E-state index contributed by atoms with van der Waals surface area (Å²) in [7, 11) is 1.06. The molecular weight excluding hydrogens is 194 g/mol. The number of methoxy groups -OCH3 is 1. The molecule has 3 nitrogen and oxygen atoms in total. The van der Waals surface area contributed by atoms with Gasteiger partial charge in [-0.15, -0.1) is 0 Å². The van der Waals surface area contributed by atoms with E-state index in [-0.39, 0.29) is 6.29 Å². The van der Waals surface area contributed by atoms with Gasteiger partial charge in [-0.2, -0.15) is 0 Å². The minimum absolute atomic E-state index is 0.140. The van der Waals surface area contributed by atoms with Crippen LogP contribution in [0.15, 0.2) is 12.1 Å². The number of hydrogen-bond donors (Lipinski definition) is 0. The van der Waals surface area contributed by atoms with Crippen molar-refractivity contribution < 1.29 is 23.1 Å². The number of carbonyl (C=O) groups is 2. The van der Waals surface area contributed by atoms with Crippen molar-refractivity contribution in [3.8, 4) is 0 Å². The highest BCUT2D eigenvalue weighted by Crippen LogP contribution is 2.15. The molecule has 0 unspecified atom stereocenters. The molecule has 14 heavy (non-hydrogen) atoms. The Hall–Kier alpha value is -1.78. The fourth-order valence-corrected chi connectivity index (χ4v) is 0.983. The maximum atomic E-state index is 12.9. The summed E-state index contributed by atoms with van der Waals surface area (Å²) in [4.78, 5) is 21.4. The Balaban J connectivity index is 3.39. The van der Waals surface area contributed by atoms with E-state index in [1.54, 1.807) is 0 Å². The van der Waals surface area contributed by atoms with Crippen LogP contribution in [0, 0.1) is 11.6 Å². The number of carbonyl (C=O) groups excluding carboxylic acids is 2. The first kappa shape index (κ1) is 10.3. The van der Waals surface area contributed by atoms with E-state index < -0.39 is 28.7 Å². The van der Waals surface area contributed by atoms with Crippen LogP contribution < -0.4 is 0 Å². The summed E-state index contributed by atoms with van der Waals surface area (Å²) in [5, 5.41) is 0. The number of benzene rings is 1. The molecule has 0 aliphatic heterocycles. The summed E-state index contributed by atoms with van der Waals surface area (Å²) in [6, 6.07) is 1.27. The second kappa shape index (κ2) is 3.95. The quantitative estimate of drug-likeness (QED) is 0.537. The fraction of sp³-hybridized carbons (Fsp3) is 0.111. The molecule has 0 amide bonds. The van der Waals surface area contributed by atoms with Crippen molar-refractivity contribution in [2.45, 2.75) is 0 Å². The molecule has 0 aromatic heterocycles. The number of aldehydes is 1. The third-order valence-electron chi connectivity index (χ3n) is 1.62. The van der Waals surface area contributed by atoms with Crippen LogP contribution in [0.25, 0.3) is 0 Å². The van der Waals surface area contributed by atoms with Gasteiger partial charge in [-0.05, 0) is 6.07 Å². The van der Waals surface area contributed by atoms with Crippen LogP contribution in [-0.4, -0.2) is 19.4 Å². The molecule has 0 spiro atoms. The molecule has 0 bridgehead atoms. The average molecular weight is 200 g/mol. The molecule has 0 N–H and O–H groups in total. The van der Waals surface area contributed by atoms with Crippen LogP contribution in [0.4, 0.5) is 8.78 Å². The van der Waals surface area contributed by atoms with E-state index >= 15 is 0 Å². The summed E-state index contributed by atoms with van der Waals surface area (Å²) < 4.78 is 29.9. The van der Waals surface area contributed by atoms with Gasteiger partial charge >= 0.3 is 5.97 Å². The summed E-state index contributed by atoms with van der Waals surface area (Å²) in [5.41, 5.74) is -0.918. The average Bonchev–Trinajstić information content (AvgIpc) is 2.15. The monoisotopic (exact) mass is 200 g/mol. The lowest BCUT2D eigenvalue weighted by atomic mass is 10.1. The number of hydrogen-bond acceptors (Lipinski definition) is 3. The molecule has 0 aliphatic carbocycles. The molecule has 0 atom stereocenters. The van der Waals surface area contributed by atoms with E-state index in [2.05, 4.69) is 4.74 Å². The molecule has 1 aromatic carbocycles. The van der Waals surface area contributed by atoms with Gasteiger partial charge in [-0.3, -0.25) is 4.79 Å². The standard InChI is InChI=1S/C9H6F2O3/c1-14-9(13)6-2-5(10)3-8(11)7(6)4-12/h2-4H,1H3. The Bertz CT molecular complexity index is 388. The molecule has 0 radical (unpaired) electrons. The topological polar surface area (TPSA) is 43.4 Å². The van der Waals surface area contributed by atoms with Crippen molar-refractivity contribution in [3.63, 3.8) is 0 Å². The first-order valence-electron chi connectivity index (χ1n) is 3.62. The van der Waals surface area contributed by atoms with Gasteiger partial charge in [0.1, 0.15) is 11.6 Å². The summed E-state index contributed by atoms with van der Waals surface area (Å²) in [5.74, 6) is -2.97. The predicted molar refractivity (Wildman–Crippen MR) is 43.1 cm³/mol. The summed E-state index contributed by atoms with van der Waals surface area (Å²) in [6.45, 7) is 0. The van der Waals surface area contributed by atoms with E-state index in [1.165, 1.54) is 0 Å². The zero-order valence-electron chi connectivity index (χ0n) is 7.21. The van der Waals surface area contributed by atoms with Gasteiger partial charge in [-0.25, -0.2) is 13.6 Å². The first-order chi connectivity index (χ1) is 6.60. The SMILES string of the molecule is COC(=O)c1cc(F)cc(F)c1C=O. The second-order valence-electron chi connectivity index (χ2n) is 2.46. The number of ether oxygens (including phenoxy) is 1. The van der Waals surface area contributed by atoms with Gasteiger partial charge < -0.3 is 4.74 Å². The van der Waals surface area contributed by atoms with Gasteiger partial charge in [0, 0.05) is 6.07 Å². The maximum absolute atomic E-state index is 12.9. The van der Waals surface area contributed by atoms with Crippen LogP contribution in [0.2, 0.25) is 0 Å². The van der Waals surface area contributed by atoms with E-state index in [9.17, 15) is 18.4 Å². The molecule has 0 aliphatic rings. The van der Waals surface area contributed by atoms with Gasteiger partial charge in [0.25, 0.3) is 0 Å². The third kappa shape index (κ3) is 1.76. The van der Waals surface area contributed by atoms with Crippen molar-refractivity contribution in [1.29, 1.82) is 0 Å². The molecule has 5 heteroatoms. The van der Waals surface area contributed by atoms with Gasteiger partial charge in [0.05, 0.1) is 18.2 Å². The van der Waals surface area contributed by atoms with E-state index in [0.29, 0.717) is 6.07 Å². The molecular formula is C9H6F2O3.